The largest absolute Gasteiger partial charge is 0.370 e. The van der Waals surface area contributed by atoms with E-state index in [2.05, 4.69) is 15.3 Å². The van der Waals surface area contributed by atoms with Crippen LogP contribution < -0.4 is 11.1 Å². The lowest BCUT2D eigenvalue weighted by atomic mass is 10.1. The van der Waals surface area contributed by atoms with Gasteiger partial charge in [-0.25, -0.2) is 4.99 Å². The van der Waals surface area contributed by atoms with Crippen LogP contribution in [0.5, 0.6) is 0 Å². The van der Waals surface area contributed by atoms with E-state index in [4.69, 9.17) is 5.73 Å². The molecule has 0 bridgehead atoms. The number of nitrogens with zero attached hydrogens (tertiary/aromatic N) is 2. The van der Waals surface area contributed by atoms with Crippen molar-refractivity contribution < 1.29 is 0 Å². The average molecular weight is 260 g/mol. The minimum Gasteiger partial charge on any atom is -0.370 e. The number of aromatic nitrogens is 1. The molecule has 1 aliphatic carbocycles. The summed E-state index contributed by atoms with van der Waals surface area (Å²) in [5.41, 5.74) is 8.12. The molecule has 19 heavy (non-hydrogen) atoms. The molecule has 0 atom stereocenters. The van der Waals surface area contributed by atoms with Gasteiger partial charge in [-0.1, -0.05) is 31.7 Å². The second kappa shape index (κ2) is 7.12. The minimum absolute atomic E-state index is 0.496. The molecule has 2 rings (SSSR count). The van der Waals surface area contributed by atoms with Crippen molar-refractivity contribution in [2.75, 3.05) is 0 Å². The fourth-order valence-corrected chi connectivity index (χ4v) is 2.52. The molecule has 0 aliphatic heterocycles. The highest BCUT2D eigenvalue weighted by atomic mass is 15.1. The van der Waals surface area contributed by atoms with Crippen LogP contribution in [0.4, 0.5) is 0 Å². The van der Waals surface area contributed by atoms with E-state index in [-0.39, 0.29) is 0 Å². The first-order valence-electron chi connectivity index (χ1n) is 7.22. The lowest BCUT2D eigenvalue weighted by molar-refractivity contribution is 0.530. The van der Waals surface area contributed by atoms with Gasteiger partial charge < -0.3 is 11.1 Å². The van der Waals surface area contributed by atoms with Gasteiger partial charge in [-0.3, -0.25) is 4.98 Å². The standard InChI is InChI=1S/C15H24N4/c1-12-7-6-10-17-14(12)11-18-15(16)19-13-8-4-2-3-5-9-13/h6-7,10,13H,2-5,8-9,11H2,1H3,(H3,16,18,19). The third-order valence-corrected chi connectivity index (χ3v) is 3.72. The normalized spacial score (nSPS) is 18.1. The molecule has 1 fully saturated rings. The molecule has 1 saturated carbocycles. The molecule has 0 unspecified atom stereocenters. The van der Waals surface area contributed by atoms with E-state index in [1.165, 1.54) is 38.5 Å². The Morgan fingerprint density at radius 2 is 2.11 bits per heavy atom. The van der Waals surface area contributed by atoms with E-state index in [1.54, 1.807) is 6.20 Å². The minimum atomic E-state index is 0.496. The summed E-state index contributed by atoms with van der Waals surface area (Å²) < 4.78 is 0. The smallest absolute Gasteiger partial charge is 0.189 e. The van der Waals surface area contributed by atoms with Gasteiger partial charge in [0, 0.05) is 12.2 Å². The number of aryl methyl sites for hydroxylation is 1. The molecule has 0 aromatic carbocycles. The lowest BCUT2D eigenvalue weighted by Gasteiger charge is -2.16. The summed E-state index contributed by atoms with van der Waals surface area (Å²) in [5, 5.41) is 3.35. The van der Waals surface area contributed by atoms with Crippen LogP contribution in [0.2, 0.25) is 0 Å². The molecule has 0 amide bonds. The number of rotatable bonds is 3. The van der Waals surface area contributed by atoms with Crippen LogP contribution >= 0.6 is 0 Å². The van der Waals surface area contributed by atoms with E-state index in [0.29, 0.717) is 18.5 Å². The van der Waals surface area contributed by atoms with Gasteiger partial charge in [-0.05, 0) is 31.4 Å². The van der Waals surface area contributed by atoms with Crippen molar-refractivity contribution in [2.24, 2.45) is 10.7 Å². The summed E-state index contributed by atoms with van der Waals surface area (Å²) in [4.78, 5) is 8.72. The maximum atomic E-state index is 5.96. The van der Waals surface area contributed by atoms with Gasteiger partial charge in [0.25, 0.3) is 0 Å². The van der Waals surface area contributed by atoms with Gasteiger partial charge in [0.2, 0.25) is 0 Å². The summed E-state index contributed by atoms with van der Waals surface area (Å²) in [5.74, 6) is 0.553. The summed E-state index contributed by atoms with van der Waals surface area (Å²) >= 11 is 0. The van der Waals surface area contributed by atoms with Crippen molar-refractivity contribution >= 4 is 5.96 Å². The summed E-state index contributed by atoms with van der Waals surface area (Å²) in [6.07, 6.45) is 9.50. The molecule has 1 heterocycles. The molecule has 4 heteroatoms. The predicted octanol–water partition coefficient (Wildman–Crippen LogP) is 2.52. The maximum Gasteiger partial charge on any atom is 0.189 e. The Kier molecular flexibility index (Phi) is 5.19. The number of aliphatic imine (C=N–C) groups is 1. The van der Waals surface area contributed by atoms with Crippen molar-refractivity contribution in [2.45, 2.75) is 58.0 Å². The number of hydrogen-bond donors (Lipinski definition) is 2. The predicted molar refractivity (Wildman–Crippen MR) is 78.9 cm³/mol. The zero-order valence-electron chi connectivity index (χ0n) is 11.7. The number of nitrogens with two attached hydrogens (primary N) is 1. The Balaban J connectivity index is 1.86. The van der Waals surface area contributed by atoms with E-state index in [1.807, 2.05) is 19.1 Å². The molecule has 0 radical (unpaired) electrons. The monoisotopic (exact) mass is 260 g/mol. The number of nitrogens with one attached hydrogen (secondary N) is 1. The topological polar surface area (TPSA) is 63.3 Å². The van der Waals surface area contributed by atoms with E-state index in [0.717, 1.165) is 11.3 Å². The molecule has 1 aromatic heterocycles. The van der Waals surface area contributed by atoms with Gasteiger partial charge in [0.05, 0.1) is 12.2 Å². The quantitative estimate of drug-likeness (QED) is 0.498. The van der Waals surface area contributed by atoms with Crippen LogP contribution in [0.1, 0.15) is 49.8 Å². The van der Waals surface area contributed by atoms with E-state index in [9.17, 15) is 0 Å². The van der Waals surface area contributed by atoms with Crippen molar-refractivity contribution in [3.05, 3.63) is 29.6 Å². The highest BCUT2D eigenvalue weighted by Gasteiger charge is 2.12. The Morgan fingerprint density at radius 1 is 1.37 bits per heavy atom. The second-order valence-corrected chi connectivity index (χ2v) is 5.30. The molecule has 4 nitrogen and oxygen atoms in total. The summed E-state index contributed by atoms with van der Waals surface area (Å²) in [7, 11) is 0. The van der Waals surface area contributed by atoms with Crippen LogP contribution in [0.15, 0.2) is 23.3 Å². The van der Waals surface area contributed by atoms with Gasteiger partial charge in [0.15, 0.2) is 5.96 Å². The Bertz CT molecular complexity index is 420. The molecule has 1 aromatic rings. The Hall–Kier alpha value is -1.58. The molecule has 0 saturated heterocycles. The lowest BCUT2D eigenvalue weighted by Crippen LogP contribution is -2.39. The van der Waals surface area contributed by atoms with Gasteiger partial charge in [-0.2, -0.15) is 0 Å². The second-order valence-electron chi connectivity index (χ2n) is 5.30. The van der Waals surface area contributed by atoms with Crippen LogP contribution in [0, 0.1) is 6.92 Å². The third-order valence-electron chi connectivity index (χ3n) is 3.72. The fourth-order valence-electron chi connectivity index (χ4n) is 2.52. The van der Waals surface area contributed by atoms with E-state index >= 15 is 0 Å². The molecule has 0 spiro atoms. The van der Waals surface area contributed by atoms with Crippen LogP contribution in [0.3, 0.4) is 0 Å². The SMILES string of the molecule is Cc1cccnc1CN=C(N)NC1CCCCCC1. The first-order chi connectivity index (χ1) is 9.25. The molecular formula is C15H24N4. The average Bonchev–Trinajstić information content (AvgIpc) is 2.66. The first-order valence-corrected chi connectivity index (χ1v) is 7.22. The zero-order chi connectivity index (χ0) is 13.5. The van der Waals surface area contributed by atoms with E-state index < -0.39 is 0 Å². The Labute approximate surface area is 115 Å². The third kappa shape index (κ3) is 4.54. The molecule has 1 aliphatic rings. The van der Waals surface area contributed by atoms with Gasteiger partial charge >= 0.3 is 0 Å². The summed E-state index contributed by atoms with van der Waals surface area (Å²) in [6.45, 7) is 2.60. The van der Waals surface area contributed by atoms with Crippen LogP contribution in [-0.4, -0.2) is 17.0 Å². The fraction of sp³-hybridized carbons (Fsp3) is 0.600. The van der Waals surface area contributed by atoms with Crippen LogP contribution in [0.25, 0.3) is 0 Å². The molecule has 3 N–H and O–H groups in total. The highest BCUT2D eigenvalue weighted by Crippen LogP contribution is 2.16. The van der Waals surface area contributed by atoms with Crippen LogP contribution in [-0.2, 0) is 6.54 Å². The highest BCUT2D eigenvalue weighted by molar-refractivity contribution is 5.78. The first kappa shape index (κ1) is 13.8. The Morgan fingerprint density at radius 3 is 2.79 bits per heavy atom. The van der Waals surface area contributed by atoms with Gasteiger partial charge in [-0.15, -0.1) is 0 Å². The number of pyridine rings is 1. The molecular weight excluding hydrogens is 236 g/mol. The maximum absolute atomic E-state index is 5.96. The zero-order valence-corrected chi connectivity index (χ0v) is 11.7. The van der Waals surface area contributed by atoms with Crippen molar-refractivity contribution in [3.8, 4) is 0 Å². The number of hydrogen-bond acceptors (Lipinski definition) is 2. The van der Waals surface area contributed by atoms with Crippen molar-refractivity contribution in [1.29, 1.82) is 0 Å². The number of guanidine groups is 1. The molecule has 104 valence electrons. The van der Waals surface area contributed by atoms with Crippen molar-refractivity contribution in [3.63, 3.8) is 0 Å². The van der Waals surface area contributed by atoms with Gasteiger partial charge in [0.1, 0.15) is 0 Å². The summed E-state index contributed by atoms with van der Waals surface area (Å²) in [6, 6.07) is 4.48. The van der Waals surface area contributed by atoms with Crippen molar-refractivity contribution in [1.82, 2.24) is 10.3 Å².